The molecule has 1 spiro atoms. The number of amides is 1. The largest absolute Gasteiger partial charge is 0.364 e. The Morgan fingerprint density at radius 1 is 1.00 bits per heavy atom. The Bertz CT molecular complexity index is 1390. The highest BCUT2D eigenvalue weighted by molar-refractivity contribution is 6.29. The van der Waals surface area contributed by atoms with Crippen molar-refractivity contribution in [1.29, 1.82) is 0 Å². The summed E-state index contributed by atoms with van der Waals surface area (Å²) >= 11 is 0. The molecule has 0 aromatic heterocycles. The van der Waals surface area contributed by atoms with Gasteiger partial charge in [0.2, 0.25) is 5.41 Å². The van der Waals surface area contributed by atoms with Crippen LogP contribution < -0.4 is 10.6 Å². The predicted octanol–water partition coefficient (Wildman–Crippen LogP) is 1.76. The van der Waals surface area contributed by atoms with Crippen LogP contribution in [0.1, 0.15) is 21.5 Å². The number of anilines is 1. The molecule has 2 N–H and O–H groups in total. The van der Waals surface area contributed by atoms with Gasteiger partial charge < -0.3 is 15.5 Å². The molecule has 11 heteroatoms. The number of Topliss-reactive ketones (excluding diaryl/α,β-unsaturated/α-hetero) is 1. The Morgan fingerprint density at radius 2 is 1.75 bits per heavy atom. The van der Waals surface area contributed by atoms with Crippen LogP contribution in [-0.4, -0.2) is 39.5 Å². The zero-order chi connectivity index (χ0) is 22.4. The minimum Gasteiger partial charge on any atom is -0.364 e. The summed E-state index contributed by atoms with van der Waals surface area (Å²) in [6.07, 6.45) is 0. The van der Waals surface area contributed by atoms with Gasteiger partial charge in [-0.25, -0.2) is 0 Å². The van der Waals surface area contributed by atoms with E-state index < -0.39 is 32.6 Å². The molecule has 1 aliphatic carbocycles. The molecule has 158 valence electrons. The van der Waals surface area contributed by atoms with Crippen LogP contribution in [0.25, 0.3) is 5.70 Å². The number of fused-ring (bicyclic) bond motifs is 7. The molecule has 0 radical (unpaired) electrons. The number of carbonyl (C=O) groups excluding carboxylic acids is 2. The Morgan fingerprint density at radius 3 is 2.47 bits per heavy atom. The molecule has 1 fully saturated rings. The maximum Gasteiger partial charge on any atom is 0.310 e. The first-order valence-electron chi connectivity index (χ1n) is 9.77. The fourth-order valence-electron chi connectivity index (χ4n) is 5.23. The zero-order valence-corrected chi connectivity index (χ0v) is 16.2. The molecule has 2 aromatic rings. The van der Waals surface area contributed by atoms with E-state index in [1.807, 2.05) is 0 Å². The molecule has 2 aromatic carbocycles. The molecule has 1 saturated heterocycles. The van der Waals surface area contributed by atoms with Gasteiger partial charge in [-0.2, -0.15) is 0 Å². The van der Waals surface area contributed by atoms with Crippen molar-refractivity contribution in [2.45, 2.75) is 5.41 Å². The van der Waals surface area contributed by atoms with E-state index in [9.17, 15) is 29.8 Å². The van der Waals surface area contributed by atoms with Gasteiger partial charge in [0.1, 0.15) is 0 Å². The number of nitro benzene ring substituents is 1. The van der Waals surface area contributed by atoms with Crippen molar-refractivity contribution in [2.75, 3.05) is 18.4 Å². The number of hydrogen-bond acceptors (Lipinski definition) is 8. The lowest BCUT2D eigenvalue weighted by molar-refractivity contribution is -0.435. The summed E-state index contributed by atoms with van der Waals surface area (Å²) in [4.78, 5) is 51.5. The maximum absolute atomic E-state index is 13.7. The quantitative estimate of drug-likeness (QED) is 0.540. The normalized spacial score (nSPS) is 22.4. The van der Waals surface area contributed by atoms with Crippen molar-refractivity contribution in [3.63, 3.8) is 0 Å². The predicted molar refractivity (Wildman–Crippen MR) is 110 cm³/mol. The maximum atomic E-state index is 13.7. The van der Waals surface area contributed by atoms with Gasteiger partial charge in [0.05, 0.1) is 21.1 Å². The number of non-ortho nitro benzene ring substituents is 1. The number of benzene rings is 2. The molecular formula is C21H13N5O6. The number of rotatable bonds is 2. The number of hydrogen-bond donors (Lipinski definition) is 2. The highest BCUT2D eigenvalue weighted by atomic mass is 16.6. The van der Waals surface area contributed by atoms with E-state index in [4.69, 9.17) is 0 Å². The zero-order valence-electron chi connectivity index (χ0n) is 16.2. The number of nitro groups is 2. The molecule has 6 rings (SSSR count). The number of nitrogens with zero attached hydrogens (tertiary/aromatic N) is 3. The number of nitrogens with one attached hydrogen (secondary N) is 2. The minimum absolute atomic E-state index is 0.0258. The summed E-state index contributed by atoms with van der Waals surface area (Å²) in [6.45, 7) is 0.742. The monoisotopic (exact) mass is 431 g/mol. The average molecular weight is 431 g/mol. The lowest BCUT2D eigenvalue weighted by Crippen LogP contribution is -2.48. The second kappa shape index (κ2) is 5.78. The Balaban J connectivity index is 1.78. The summed E-state index contributed by atoms with van der Waals surface area (Å²) in [5, 5.41) is 29.5. The summed E-state index contributed by atoms with van der Waals surface area (Å²) in [6, 6.07) is 10.5. The highest BCUT2D eigenvalue weighted by Gasteiger charge is 2.67. The van der Waals surface area contributed by atoms with Crippen molar-refractivity contribution in [3.05, 3.63) is 96.5 Å². The van der Waals surface area contributed by atoms with Crippen molar-refractivity contribution in [1.82, 2.24) is 10.2 Å². The first-order valence-corrected chi connectivity index (χ1v) is 9.77. The van der Waals surface area contributed by atoms with Crippen LogP contribution in [0.2, 0.25) is 0 Å². The van der Waals surface area contributed by atoms with Crippen LogP contribution in [0.4, 0.5) is 11.4 Å². The van der Waals surface area contributed by atoms with Crippen molar-refractivity contribution in [3.8, 4) is 0 Å². The van der Waals surface area contributed by atoms with E-state index >= 15 is 0 Å². The van der Waals surface area contributed by atoms with E-state index in [0.29, 0.717) is 29.9 Å². The molecule has 0 bridgehead atoms. The van der Waals surface area contributed by atoms with Gasteiger partial charge in [-0.1, -0.05) is 24.3 Å². The first kappa shape index (κ1) is 18.2. The van der Waals surface area contributed by atoms with E-state index in [1.54, 1.807) is 29.2 Å². The molecule has 0 saturated carbocycles. The number of carbonyl (C=O) groups is 2. The summed E-state index contributed by atoms with van der Waals surface area (Å²) in [7, 11) is 0. The van der Waals surface area contributed by atoms with Gasteiger partial charge in [-0.3, -0.25) is 29.8 Å². The van der Waals surface area contributed by atoms with Crippen LogP contribution in [-0.2, 0) is 10.2 Å². The van der Waals surface area contributed by atoms with Crippen molar-refractivity contribution < 1.29 is 19.4 Å². The van der Waals surface area contributed by atoms with Crippen LogP contribution in [0.5, 0.6) is 0 Å². The standard InChI is InChI=1S/C21H13N5O6/c27-17-12-4-2-1-3-11(12)16-15(17)21(18(26(31)32)19-22-7-8-24(16)19)13-9-10(25(29)30)5-6-14(13)23-20(21)28/h1-6,9,22H,7-8H2,(H,23,28). The lowest BCUT2D eigenvalue weighted by Gasteiger charge is -2.35. The molecule has 3 heterocycles. The van der Waals surface area contributed by atoms with Gasteiger partial charge in [-0.05, 0) is 6.07 Å². The summed E-state index contributed by atoms with van der Waals surface area (Å²) in [5.74, 6) is -1.17. The molecular weight excluding hydrogens is 418 g/mol. The lowest BCUT2D eigenvalue weighted by atomic mass is 9.69. The second-order valence-electron chi connectivity index (χ2n) is 7.82. The number of ketones is 1. The van der Waals surface area contributed by atoms with Crippen LogP contribution in [0, 0.1) is 20.2 Å². The smallest absolute Gasteiger partial charge is 0.310 e. The second-order valence-corrected chi connectivity index (χ2v) is 7.82. The molecule has 1 amide bonds. The minimum atomic E-state index is -2.13. The third kappa shape index (κ3) is 1.90. The van der Waals surface area contributed by atoms with Gasteiger partial charge in [-0.15, -0.1) is 0 Å². The molecule has 3 aliphatic heterocycles. The van der Waals surface area contributed by atoms with Crippen molar-refractivity contribution in [2.24, 2.45) is 0 Å². The van der Waals surface area contributed by atoms with Crippen molar-refractivity contribution >= 4 is 28.8 Å². The Hall–Kier alpha value is -4.54. The first-order chi connectivity index (χ1) is 15.4. The van der Waals surface area contributed by atoms with E-state index in [1.165, 1.54) is 12.1 Å². The fraction of sp³-hybridized carbons (Fsp3) is 0.143. The van der Waals surface area contributed by atoms with Crippen LogP contribution in [0.15, 0.2) is 59.6 Å². The van der Waals surface area contributed by atoms with Crippen LogP contribution >= 0.6 is 0 Å². The summed E-state index contributed by atoms with van der Waals surface area (Å²) < 4.78 is 0. The average Bonchev–Trinajstić information content (AvgIpc) is 3.43. The van der Waals surface area contributed by atoms with Gasteiger partial charge in [0.15, 0.2) is 11.6 Å². The topological polar surface area (TPSA) is 148 Å². The SMILES string of the molecule is O=C1C2=C(c3ccccc31)N1CCNC1=C([N+](=O)[O-])C21C(=O)Nc2ccc([N+](=O)[O-])cc21. The molecule has 11 nitrogen and oxygen atoms in total. The molecule has 1 unspecified atom stereocenters. The Kier molecular flexibility index (Phi) is 3.30. The molecule has 32 heavy (non-hydrogen) atoms. The van der Waals surface area contributed by atoms with Gasteiger partial charge in [0.25, 0.3) is 11.6 Å². The molecule has 4 aliphatic rings. The third-order valence-corrected chi connectivity index (χ3v) is 6.40. The van der Waals surface area contributed by atoms with E-state index in [2.05, 4.69) is 10.6 Å². The van der Waals surface area contributed by atoms with Gasteiger partial charge >= 0.3 is 5.70 Å². The third-order valence-electron chi connectivity index (χ3n) is 6.40. The summed E-state index contributed by atoms with van der Waals surface area (Å²) in [5.41, 5.74) is -1.47. The van der Waals surface area contributed by atoms with Gasteiger partial charge in [0, 0.05) is 47.6 Å². The van der Waals surface area contributed by atoms with E-state index in [0.717, 1.165) is 6.07 Å². The van der Waals surface area contributed by atoms with Crippen LogP contribution in [0.3, 0.4) is 0 Å². The fourth-order valence-corrected chi connectivity index (χ4v) is 5.23. The van der Waals surface area contributed by atoms with E-state index in [-0.39, 0.29) is 28.3 Å². The Labute approximate surface area is 179 Å². The highest BCUT2D eigenvalue weighted by Crippen LogP contribution is 2.58. The molecule has 1 atom stereocenters.